The molecule has 36 heavy (non-hydrogen) atoms. The lowest BCUT2D eigenvalue weighted by molar-refractivity contribution is -0.384. The molecule has 1 fully saturated rings. The molecule has 0 atom stereocenters. The van der Waals surface area contributed by atoms with E-state index >= 15 is 0 Å². The third-order valence-corrected chi connectivity index (χ3v) is 6.65. The molecule has 6 nitrogen and oxygen atoms in total. The number of rotatable bonds is 5. The van der Waals surface area contributed by atoms with Crippen molar-refractivity contribution in [3.05, 3.63) is 116 Å². The zero-order chi connectivity index (χ0) is 24.2. The number of halogens is 1. The molecule has 2 aliphatic rings. The van der Waals surface area contributed by atoms with Gasteiger partial charge in [0.25, 0.3) is 11.6 Å². The maximum atomic E-state index is 12.6. The second kappa shape index (κ2) is 11.2. The van der Waals surface area contributed by atoms with Crippen LogP contribution >= 0.6 is 12.4 Å². The van der Waals surface area contributed by atoms with Gasteiger partial charge in [-0.05, 0) is 47.6 Å². The predicted octanol–water partition coefficient (Wildman–Crippen LogP) is 6.18. The highest BCUT2D eigenvalue weighted by Crippen LogP contribution is 2.39. The van der Waals surface area contributed by atoms with E-state index in [-0.39, 0.29) is 24.0 Å². The molecule has 3 aromatic carbocycles. The van der Waals surface area contributed by atoms with Gasteiger partial charge in [-0.3, -0.25) is 14.9 Å². The first-order chi connectivity index (χ1) is 17.1. The van der Waals surface area contributed by atoms with Crippen molar-refractivity contribution in [2.45, 2.75) is 19.3 Å². The SMILES string of the molecule is Cl.O=C(NCCN1CCCCC1=C1c2ccccc2C=Cc2ccccc21)c1cccc([N+](=O)[O-])c1. The van der Waals surface area contributed by atoms with Gasteiger partial charge in [-0.15, -0.1) is 12.4 Å². The number of hydrogen-bond donors (Lipinski definition) is 1. The lowest BCUT2D eigenvalue weighted by atomic mass is 9.89. The number of nitro benzene ring substituents is 1. The standard InChI is InChI=1S/C29H27N3O3.ClH/c33-29(23-10-7-11-24(20-23)32(34)35)30-17-19-31-18-6-5-14-27(31)28-25-12-3-1-8-21(25)15-16-22-9-2-4-13-26(22)28;/h1-4,7-13,15-16,20H,5-6,14,17-19H2,(H,30,33);1H. The van der Waals surface area contributed by atoms with Crippen LogP contribution in [0.3, 0.4) is 0 Å². The number of nitrogens with zero attached hydrogens (tertiary/aromatic N) is 2. The summed E-state index contributed by atoms with van der Waals surface area (Å²) in [6.45, 7) is 2.07. The Morgan fingerprint density at radius 1 is 0.917 bits per heavy atom. The van der Waals surface area contributed by atoms with Crippen LogP contribution in [-0.2, 0) is 0 Å². The Labute approximate surface area is 216 Å². The third-order valence-electron chi connectivity index (χ3n) is 6.65. The van der Waals surface area contributed by atoms with Crippen LogP contribution in [0.1, 0.15) is 51.9 Å². The normalized spacial score (nSPS) is 14.3. The first kappa shape index (κ1) is 25.2. The van der Waals surface area contributed by atoms with Gasteiger partial charge in [0.05, 0.1) is 4.92 Å². The molecule has 5 rings (SSSR count). The number of fused-ring (bicyclic) bond motifs is 2. The summed E-state index contributed by atoms with van der Waals surface area (Å²) in [5.41, 5.74) is 7.67. The minimum atomic E-state index is -0.486. The molecule has 0 saturated carbocycles. The van der Waals surface area contributed by atoms with Gasteiger partial charge < -0.3 is 10.2 Å². The molecule has 1 N–H and O–H groups in total. The van der Waals surface area contributed by atoms with Crippen molar-refractivity contribution in [2.75, 3.05) is 19.6 Å². The molecule has 184 valence electrons. The van der Waals surface area contributed by atoms with Crippen LogP contribution in [0.15, 0.2) is 78.5 Å². The maximum Gasteiger partial charge on any atom is 0.270 e. The summed E-state index contributed by atoms with van der Waals surface area (Å²) in [6, 6.07) is 22.9. The van der Waals surface area contributed by atoms with Gasteiger partial charge in [0.15, 0.2) is 0 Å². The quantitative estimate of drug-likeness (QED) is 0.262. The number of carbonyl (C=O) groups is 1. The van der Waals surface area contributed by atoms with Gasteiger partial charge in [0.2, 0.25) is 0 Å². The van der Waals surface area contributed by atoms with E-state index in [1.54, 1.807) is 6.07 Å². The summed E-state index contributed by atoms with van der Waals surface area (Å²) < 4.78 is 0. The van der Waals surface area contributed by atoms with E-state index in [2.05, 4.69) is 70.9 Å². The lowest BCUT2D eigenvalue weighted by Crippen LogP contribution is -2.37. The Hall–Kier alpha value is -3.90. The fourth-order valence-corrected chi connectivity index (χ4v) is 4.96. The van der Waals surface area contributed by atoms with E-state index in [1.165, 1.54) is 51.7 Å². The van der Waals surface area contributed by atoms with Crippen molar-refractivity contribution in [1.29, 1.82) is 0 Å². The van der Waals surface area contributed by atoms with Crippen LogP contribution < -0.4 is 5.32 Å². The van der Waals surface area contributed by atoms with Crippen molar-refractivity contribution < 1.29 is 9.72 Å². The fourth-order valence-electron chi connectivity index (χ4n) is 4.96. The number of non-ortho nitro benzene ring substituents is 1. The van der Waals surface area contributed by atoms with Gasteiger partial charge in [-0.2, -0.15) is 0 Å². The number of allylic oxidation sites excluding steroid dienone is 1. The number of likely N-dealkylation sites (tertiary alicyclic amines) is 1. The lowest BCUT2D eigenvalue weighted by Gasteiger charge is -2.34. The Morgan fingerprint density at radius 2 is 1.58 bits per heavy atom. The number of piperidine rings is 1. The molecule has 0 unspecified atom stereocenters. The van der Waals surface area contributed by atoms with Crippen molar-refractivity contribution in [2.24, 2.45) is 0 Å². The van der Waals surface area contributed by atoms with Crippen molar-refractivity contribution in [1.82, 2.24) is 10.2 Å². The second-order valence-corrected chi connectivity index (χ2v) is 8.84. The fraction of sp³-hybridized carbons (Fsp3) is 0.207. The Morgan fingerprint density at radius 3 is 2.25 bits per heavy atom. The van der Waals surface area contributed by atoms with E-state index < -0.39 is 4.92 Å². The van der Waals surface area contributed by atoms with Crippen LogP contribution in [0, 0.1) is 10.1 Å². The topological polar surface area (TPSA) is 75.5 Å². The summed E-state index contributed by atoms with van der Waals surface area (Å²) in [6.07, 6.45) is 7.60. The van der Waals surface area contributed by atoms with Crippen LogP contribution in [0.25, 0.3) is 17.7 Å². The van der Waals surface area contributed by atoms with Gasteiger partial charge in [0, 0.05) is 48.6 Å². The summed E-state index contributed by atoms with van der Waals surface area (Å²) in [4.78, 5) is 25.6. The number of benzene rings is 3. The summed E-state index contributed by atoms with van der Waals surface area (Å²) in [5, 5.41) is 14.0. The van der Waals surface area contributed by atoms with E-state index in [4.69, 9.17) is 0 Å². The monoisotopic (exact) mass is 501 g/mol. The number of nitrogens with one attached hydrogen (secondary N) is 1. The molecule has 0 aromatic heterocycles. The highest BCUT2D eigenvalue weighted by molar-refractivity contribution is 5.95. The molecular weight excluding hydrogens is 474 g/mol. The number of amides is 1. The zero-order valence-corrected chi connectivity index (χ0v) is 20.7. The van der Waals surface area contributed by atoms with Crippen LogP contribution in [0.4, 0.5) is 5.69 Å². The molecular formula is C29H28ClN3O3. The van der Waals surface area contributed by atoms with Crippen molar-refractivity contribution in [3.8, 4) is 0 Å². The van der Waals surface area contributed by atoms with Crippen LogP contribution in [0.2, 0.25) is 0 Å². The predicted molar refractivity (Wildman–Crippen MR) is 146 cm³/mol. The minimum Gasteiger partial charge on any atom is -0.373 e. The summed E-state index contributed by atoms with van der Waals surface area (Å²) in [5.74, 6) is -0.297. The Kier molecular flexibility index (Phi) is 7.86. The van der Waals surface area contributed by atoms with Gasteiger partial charge >= 0.3 is 0 Å². The zero-order valence-electron chi connectivity index (χ0n) is 19.9. The molecule has 0 spiro atoms. The summed E-state index contributed by atoms with van der Waals surface area (Å²) >= 11 is 0. The average molecular weight is 502 g/mol. The van der Waals surface area contributed by atoms with Gasteiger partial charge in [-0.25, -0.2) is 0 Å². The Balaban J connectivity index is 0.00000304. The highest BCUT2D eigenvalue weighted by atomic mass is 35.5. The first-order valence-electron chi connectivity index (χ1n) is 12.0. The number of nitro groups is 1. The average Bonchev–Trinajstić information content (AvgIpc) is 3.06. The van der Waals surface area contributed by atoms with Crippen molar-refractivity contribution >= 4 is 41.7 Å². The molecule has 3 aromatic rings. The van der Waals surface area contributed by atoms with Crippen LogP contribution in [0.5, 0.6) is 0 Å². The van der Waals surface area contributed by atoms with E-state index in [1.807, 2.05) is 0 Å². The molecule has 1 amide bonds. The highest BCUT2D eigenvalue weighted by Gasteiger charge is 2.24. The molecule has 1 aliphatic carbocycles. The summed E-state index contributed by atoms with van der Waals surface area (Å²) in [7, 11) is 0. The molecule has 1 heterocycles. The minimum absolute atomic E-state index is 0. The van der Waals surface area contributed by atoms with Gasteiger partial charge in [-0.1, -0.05) is 66.7 Å². The molecule has 7 heteroatoms. The van der Waals surface area contributed by atoms with E-state index in [9.17, 15) is 14.9 Å². The number of hydrogen-bond acceptors (Lipinski definition) is 4. The van der Waals surface area contributed by atoms with Gasteiger partial charge in [0.1, 0.15) is 0 Å². The second-order valence-electron chi connectivity index (χ2n) is 8.84. The molecule has 0 bridgehead atoms. The first-order valence-corrected chi connectivity index (χ1v) is 12.0. The molecule has 0 radical (unpaired) electrons. The molecule has 1 aliphatic heterocycles. The van der Waals surface area contributed by atoms with E-state index in [0.717, 1.165) is 25.8 Å². The Bertz CT molecular complexity index is 1300. The maximum absolute atomic E-state index is 12.6. The largest absolute Gasteiger partial charge is 0.373 e. The molecule has 1 saturated heterocycles. The van der Waals surface area contributed by atoms with E-state index in [0.29, 0.717) is 18.7 Å². The van der Waals surface area contributed by atoms with Crippen molar-refractivity contribution in [3.63, 3.8) is 0 Å². The smallest absolute Gasteiger partial charge is 0.270 e. The third kappa shape index (κ3) is 5.19. The van der Waals surface area contributed by atoms with Crippen LogP contribution in [-0.4, -0.2) is 35.4 Å². The number of carbonyl (C=O) groups excluding carboxylic acids is 1.